The molecule has 0 atom stereocenters. The number of alkyl halides is 3. The summed E-state index contributed by atoms with van der Waals surface area (Å²) in [5, 5.41) is 8.35. The third kappa shape index (κ3) is 8.49. The molecule has 6 nitrogen and oxygen atoms in total. The molecular formula is C19H29F3N4O2. The maximum absolute atomic E-state index is 13.4. The number of hydrogen-bond acceptors (Lipinski definition) is 3. The lowest BCUT2D eigenvalue weighted by Gasteiger charge is -2.21. The first kappa shape index (κ1) is 23.6. The van der Waals surface area contributed by atoms with Gasteiger partial charge < -0.3 is 20.7 Å². The van der Waals surface area contributed by atoms with Gasteiger partial charge in [-0.15, -0.1) is 0 Å². The molecule has 1 aromatic carbocycles. The van der Waals surface area contributed by atoms with Crippen LogP contribution in [0.2, 0.25) is 0 Å². The Kier molecular flexibility index (Phi) is 8.14. The molecule has 0 heterocycles. The van der Waals surface area contributed by atoms with E-state index in [9.17, 15) is 18.0 Å². The highest BCUT2D eigenvalue weighted by molar-refractivity contribution is 5.86. The summed E-state index contributed by atoms with van der Waals surface area (Å²) < 4.78 is 45.6. The molecule has 0 fully saturated rings. The summed E-state index contributed by atoms with van der Waals surface area (Å²) in [5.41, 5.74) is -1.11. The van der Waals surface area contributed by atoms with E-state index in [1.807, 2.05) is 20.8 Å². The number of halogens is 3. The molecule has 0 aliphatic carbocycles. The number of guanidine groups is 1. The molecule has 0 aliphatic heterocycles. The van der Waals surface area contributed by atoms with Gasteiger partial charge in [0.15, 0.2) is 5.96 Å². The lowest BCUT2D eigenvalue weighted by molar-refractivity contribution is -0.138. The van der Waals surface area contributed by atoms with Gasteiger partial charge in [-0.3, -0.25) is 9.79 Å². The molecule has 0 radical (unpaired) electrons. The third-order valence-corrected chi connectivity index (χ3v) is 3.36. The summed E-state index contributed by atoms with van der Waals surface area (Å²) in [6.07, 6.45) is -4.75. The van der Waals surface area contributed by atoms with Crippen LogP contribution in [0.4, 0.5) is 13.2 Å². The zero-order valence-corrected chi connectivity index (χ0v) is 17.1. The van der Waals surface area contributed by atoms with Crippen LogP contribution in [0.3, 0.4) is 0 Å². The first-order valence-electron chi connectivity index (χ1n) is 8.94. The fourth-order valence-corrected chi connectivity index (χ4v) is 2.35. The molecule has 0 bridgehead atoms. The van der Waals surface area contributed by atoms with Crippen molar-refractivity contribution >= 4 is 11.9 Å². The highest BCUT2D eigenvalue weighted by Gasteiger charge is 2.33. The molecule has 1 amide bonds. The van der Waals surface area contributed by atoms with Gasteiger partial charge in [-0.1, -0.05) is 6.07 Å². The van der Waals surface area contributed by atoms with Crippen LogP contribution >= 0.6 is 0 Å². The first-order chi connectivity index (χ1) is 12.8. The van der Waals surface area contributed by atoms with Gasteiger partial charge in [0.25, 0.3) is 0 Å². The van der Waals surface area contributed by atoms with Crippen molar-refractivity contribution in [2.24, 2.45) is 4.99 Å². The van der Waals surface area contributed by atoms with Gasteiger partial charge in [-0.25, -0.2) is 0 Å². The summed E-state index contributed by atoms with van der Waals surface area (Å²) in [5.74, 6) is 0.133. The average molecular weight is 402 g/mol. The van der Waals surface area contributed by atoms with Crippen molar-refractivity contribution in [2.45, 2.75) is 59.0 Å². The standard InChI is InChI=1S/C19H29F3N4O2/c1-12(2)28-14-8-7-13(15(9-14)19(20,21)22)10-24-17(23-6)25-11-16(27)26-18(3,4)5/h7-9,12H,10-11H2,1-6H3,(H,26,27)(H2,23,24,25). The van der Waals surface area contributed by atoms with Gasteiger partial charge in [0, 0.05) is 19.1 Å². The van der Waals surface area contributed by atoms with Crippen molar-refractivity contribution in [3.05, 3.63) is 29.3 Å². The van der Waals surface area contributed by atoms with Crippen LogP contribution in [-0.4, -0.2) is 37.1 Å². The highest BCUT2D eigenvalue weighted by atomic mass is 19.4. The summed E-state index contributed by atoms with van der Waals surface area (Å²) >= 11 is 0. The number of ether oxygens (including phenoxy) is 1. The normalized spacial score (nSPS) is 12.7. The van der Waals surface area contributed by atoms with Gasteiger partial charge in [0.1, 0.15) is 5.75 Å². The molecule has 1 aromatic rings. The van der Waals surface area contributed by atoms with Crippen molar-refractivity contribution in [1.82, 2.24) is 16.0 Å². The lowest BCUT2D eigenvalue weighted by Crippen LogP contribution is -2.48. The minimum atomic E-state index is -4.52. The molecule has 1 rings (SSSR count). The van der Waals surface area contributed by atoms with Crippen molar-refractivity contribution in [2.75, 3.05) is 13.6 Å². The van der Waals surface area contributed by atoms with Crippen molar-refractivity contribution in [3.63, 3.8) is 0 Å². The van der Waals surface area contributed by atoms with Crippen LogP contribution in [0.25, 0.3) is 0 Å². The highest BCUT2D eigenvalue weighted by Crippen LogP contribution is 2.34. The minimum absolute atomic E-state index is 0.0469. The average Bonchev–Trinajstić information content (AvgIpc) is 2.52. The smallest absolute Gasteiger partial charge is 0.416 e. The predicted octanol–water partition coefficient (Wildman–Crippen LogP) is 3.07. The SMILES string of the molecule is CN=C(NCC(=O)NC(C)(C)C)NCc1ccc(OC(C)C)cc1C(F)(F)F. The zero-order valence-electron chi connectivity index (χ0n) is 17.1. The minimum Gasteiger partial charge on any atom is -0.491 e. The summed E-state index contributed by atoms with van der Waals surface area (Å²) in [4.78, 5) is 15.8. The van der Waals surface area contributed by atoms with E-state index in [2.05, 4.69) is 20.9 Å². The van der Waals surface area contributed by atoms with E-state index in [1.165, 1.54) is 19.2 Å². The van der Waals surface area contributed by atoms with Crippen LogP contribution in [0, 0.1) is 0 Å². The van der Waals surface area contributed by atoms with Crippen LogP contribution in [0.1, 0.15) is 45.7 Å². The van der Waals surface area contributed by atoms with E-state index in [-0.39, 0.29) is 47.9 Å². The van der Waals surface area contributed by atoms with Gasteiger partial charge in [0.05, 0.1) is 18.2 Å². The molecule has 158 valence electrons. The zero-order chi connectivity index (χ0) is 21.5. The Balaban J connectivity index is 2.80. The molecule has 0 saturated carbocycles. The molecule has 0 unspecified atom stereocenters. The van der Waals surface area contributed by atoms with E-state index >= 15 is 0 Å². The molecule has 28 heavy (non-hydrogen) atoms. The molecule has 0 aliphatic rings. The van der Waals surface area contributed by atoms with E-state index in [1.54, 1.807) is 13.8 Å². The number of hydrogen-bond donors (Lipinski definition) is 3. The summed E-state index contributed by atoms with van der Waals surface area (Å²) in [6, 6.07) is 3.86. The number of benzene rings is 1. The van der Waals surface area contributed by atoms with Crippen LogP contribution in [0.5, 0.6) is 5.75 Å². The molecule has 0 spiro atoms. The Morgan fingerprint density at radius 1 is 1.18 bits per heavy atom. The number of nitrogens with one attached hydrogen (secondary N) is 3. The summed E-state index contributed by atoms with van der Waals surface area (Å²) in [6.45, 7) is 8.87. The first-order valence-corrected chi connectivity index (χ1v) is 8.94. The quantitative estimate of drug-likeness (QED) is 0.505. The maximum atomic E-state index is 13.4. The Morgan fingerprint density at radius 2 is 1.82 bits per heavy atom. The van der Waals surface area contributed by atoms with E-state index in [0.717, 1.165) is 6.07 Å². The van der Waals surface area contributed by atoms with Crippen LogP contribution in [0.15, 0.2) is 23.2 Å². The molecule has 0 aromatic heterocycles. The van der Waals surface area contributed by atoms with Gasteiger partial charge in [-0.2, -0.15) is 13.2 Å². The lowest BCUT2D eigenvalue weighted by atomic mass is 10.1. The molecule has 3 N–H and O–H groups in total. The number of aliphatic imine (C=N–C) groups is 1. The fraction of sp³-hybridized carbons (Fsp3) is 0.579. The molecular weight excluding hydrogens is 373 g/mol. The number of carbonyl (C=O) groups is 1. The number of carbonyl (C=O) groups excluding carboxylic acids is 1. The number of rotatable bonds is 6. The number of amides is 1. The van der Waals surface area contributed by atoms with E-state index < -0.39 is 11.7 Å². The monoisotopic (exact) mass is 402 g/mol. The second-order valence-corrected chi connectivity index (χ2v) is 7.56. The van der Waals surface area contributed by atoms with Crippen molar-refractivity contribution < 1.29 is 22.7 Å². The largest absolute Gasteiger partial charge is 0.491 e. The van der Waals surface area contributed by atoms with Crippen molar-refractivity contribution in [3.8, 4) is 5.75 Å². The predicted molar refractivity (Wildman–Crippen MR) is 103 cm³/mol. The van der Waals surface area contributed by atoms with Gasteiger partial charge >= 0.3 is 6.18 Å². The second-order valence-electron chi connectivity index (χ2n) is 7.56. The third-order valence-electron chi connectivity index (χ3n) is 3.36. The van der Waals surface area contributed by atoms with Gasteiger partial charge in [0.2, 0.25) is 5.91 Å². The number of nitrogens with zero attached hydrogens (tertiary/aromatic N) is 1. The van der Waals surface area contributed by atoms with Crippen LogP contribution in [-0.2, 0) is 17.5 Å². The second kappa shape index (κ2) is 9.66. The van der Waals surface area contributed by atoms with E-state index in [0.29, 0.717) is 0 Å². The Bertz CT molecular complexity index is 695. The Morgan fingerprint density at radius 3 is 2.32 bits per heavy atom. The van der Waals surface area contributed by atoms with E-state index in [4.69, 9.17) is 4.74 Å². The van der Waals surface area contributed by atoms with Crippen molar-refractivity contribution in [1.29, 1.82) is 0 Å². The Labute approximate surface area is 163 Å². The molecule has 9 heteroatoms. The van der Waals surface area contributed by atoms with Gasteiger partial charge in [-0.05, 0) is 52.3 Å². The fourth-order valence-electron chi connectivity index (χ4n) is 2.35. The maximum Gasteiger partial charge on any atom is 0.416 e. The topological polar surface area (TPSA) is 74.8 Å². The molecule has 0 saturated heterocycles. The summed E-state index contributed by atoms with van der Waals surface area (Å²) in [7, 11) is 1.47. The van der Waals surface area contributed by atoms with Crippen LogP contribution < -0.4 is 20.7 Å². The Hall–Kier alpha value is -2.45.